The zero-order chi connectivity index (χ0) is 13.2. The van der Waals surface area contributed by atoms with Crippen LogP contribution < -0.4 is 0 Å². The minimum Gasteiger partial charge on any atom is -0.442 e. The molecular formula is C9H12BF2NO4. The molecule has 94 valence electrons. The third-order valence-electron chi connectivity index (χ3n) is 1.86. The summed E-state index contributed by atoms with van der Waals surface area (Å²) in [6.45, 7) is 2.82. The summed E-state index contributed by atoms with van der Waals surface area (Å²) in [5.41, 5.74) is -0.475. The molecule has 0 aromatic carbocycles. The molecule has 5 nitrogen and oxygen atoms in total. The van der Waals surface area contributed by atoms with Crippen molar-refractivity contribution in [3.63, 3.8) is 0 Å². The molecule has 2 radical (unpaired) electrons. The standard InChI is InChI=1S/C9H12BF2NO4/c1-4(2)7-6(8(11)12)13-5(17-7)3-16-9(10,14)15/h4,8,14-15H,3H2,1-2H3. The van der Waals surface area contributed by atoms with E-state index in [9.17, 15) is 8.78 Å². The Labute approximate surface area is 97.8 Å². The van der Waals surface area contributed by atoms with Gasteiger partial charge in [0.05, 0.1) is 0 Å². The van der Waals surface area contributed by atoms with Crippen LogP contribution in [0.2, 0.25) is 0 Å². The summed E-state index contributed by atoms with van der Waals surface area (Å²) in [5, 5.41) is 17.3. The van der Waals surface area contributed by atoms with Crippen molar-refractivity contribution in [2.75, 3.05) is 0 Å². The van der Waals surface area contributed by atoms with Crippen LogP contribution in [-0.4, -0.2) is 28.9 Å². The lowest BCUT2D eigenvalue weighted by atomic mass is 10.1. The lowest BCUT2D eigenvalue weighted by Crippen LogP contribution is -2.31. The first-order valence-electron chi connectivity index (χ1n) is 4.86. The number of aliphatic hydroxyl groups is 2. The molecule has 0 saturated carbocycles. The number of ether oxygens (including phenoxy) is 1. The average Bonchev–Trinajstić information content (AvgIpc) is 2.57. The van der Waals surface area contributed by atoms with E-state index in [-0.39, 0.29) is 17.6 Å². The Morgan fingerprint density at radius 3 is 2.41 bits per heavy atom. The van der Waals surface area contributed by atoms with Gasteiger partial charge >= 0.3 is 0 Å². The van der Waals surface area contributed by atoms with E-state index < -0.39 is 24.6 Å². The number of oxazole rings is 1. The Balaban J connectivity index is 2.85. The molecule has 17 heavy (non-hydrogen) atoms. The maximum atomic E-state index is 12.6. The molecule has 1 rings (SSSR count). The van der Waals surface area contributed by atoms with Gasteiger partial charge in [0.1, 0.15) is 18.1 Å². The summed E-state index contributed by atoms with van der Waals surface area (Å²) < 4.78 is 34.5. The van der Waals surface area contributed by atoms with Crippen molar-refractivity contribution in [1.82, 2.24) is 4.98 Å². The van der Waals surface area contributed by atoms with E-state index in [1.807, 2.05) is 0 Å². The van der Waals surface area contributed by atoms with Crippen molar-refractivity contribution >= 4 is 7.85 Å². The van der Waals surface area contributed by atoms with E-state index in [1.54, 1.807) is 13.8 Å². The Bertz CT molecular complexity index is 350. The van der Waals surface area contributed by atoms with Gasteiger partial charge in [0, 0.05) is 5.92 Å². The molecule has 0 atom stereocenters. The Morgan fingerprint density at radius 1 is 1.47 bits per heavy atom. The molecule has 0 aliphatic rings. The smallest absolute Gasteiger partial charge is 0.283 e. The van der Waals surface area contributed by atoms with Gasteiger partial charge in [-0.1, -0.05) is 13.8 Å². The summed E-state index contributed by atoms with van der Waals surface area (Å²) in [7, 11) is 4.72. The number of nitrogens with zero attached hydrogens (tertiary/aromatic N) is 1. The highest BCUT2D eigenvalue weighted by molar-refractivity contribution is 6.11. The normalized spacial score (nSPS) is 12.7. The van der Waals surface area contributed by atoms with Gasteiger partial charge in [-0.3, -0.25) is 0 Å². The minimum atomic E-state index is -2.85. The molecule has 0 amide bonds. The fourth-order valence-electron chi connectivity index (χ4n) is 1.19. The van der Waals surface area contributed by atoms with Crippen molar-refractivity contribution in [3.8, 4) is 0 Å². The van der Waals surface area contributed by atoms with Crippen LogP contribution in [0.15, 0.2) is 4.42 Å². The van der Waals surface area contributed by atoms with Crippen molar-refractivity contribution in [2.45, 2.75) is 38.7 Å². The van der Waals surface area contributed by atoms with E-state index in [1.165, 1.54) is 0 Å². The summed E-state index contributed by atoms with van der Waals surface area (Å²) in [5.74, 6) is -3.28. The maximum Gasteiger partial charge on any atom is 0.283 e. The molecule has 1 aromatic heterocycles. The van der Waals surface area contributed by atoms with Crippen molar-refractivity contribution in [2.24, 2.45) is 0 Å². The minimum absolute atomic E-state index is 0.0390. The van der Waals surface area contributed by atoms with Crippen LogP contribution in [0.4, 0.5) is 8.78 Å². The third-order valence-corrected chi connectivity index (χ3v) is 1.86. The maximum absolute atomic E-state index is 12.6. The molecule has 0 aliphatic heterocycles. The first kappa shape index (κ1) is 14.1. The molecule has 0 aliphatic carbocycles. The molecule has 0 saturated heterocycles. The molecule has 0 bridgehead atoms. The van der Waals surface area contributed by atoms with E-state index in [4.69, 9.17) is 22.5 Å². The van der Waals surface area contributed by atoms with E-state index in [0.717, 1.165) is 0 Å². The van der Waals surface area contributed by atoms with Crippen LogP contribution in [-0.2, 0) is 11.3 Å². The van der Waals surface area contributed by atoms with Gasteiger partial charge in [-0.25, -0.2) is 13.8 Å². The highest BCUT2D eigenvalue weighted by Crippen LogP contribution is 2.29. The first-order valence-corrected chi connectivity index (χ1v) is 4.86. The predicted molar refractivity (Wildman–Crippen MR) is 53.3 cm³/mol. The van der Waals surface area contributed by atoms with Gasteiger partial charge in [-0.2, -0.15) is 0 Å². The Kier molecular flexibility index (Phi) is 4.23. The number of hydrogen-bond acceptors (Lipinski definition) is 5. The van der Waals surface area contributed by atoms with Gasteiger partial charge < -0.3 is 19.4 Å². The number of rotatable bonds is 5. The molecule has 1 aromatic rings. The summed E-state index contributed by atoms with van der Waals surface area (Å²) in [6, 6.07) is 0. The van der Waals surface area contributed by atoms with Crippen LogP contribution >= 0.6 is 0 Å². The molecule has 1 heterocycles. The molecular weight excluding hydrogens is 235 g/mol. The Hall–Kier alpha value is -0.985. The van der Waals surface area contributed by atoms with Crippen molar-refractivity contribution < 1.29 is 28.1 Å². The molecule has 0 fully saturated rings. The molecule has 8 heteroatoms. The van der Waals surface area contributed by atoms with Crippen LogP contribution in [0.1, 0.15) is 43.5 Å². The second kappa shape index (κ2) is 5.11. The van der Waals surface area contributed by atoms with Crippen molar-refractivity contribution in [1.29, 1.82) is 0 Å². The lowest BCUT2D eigenvalue weighted by Gasteiger charge is -2.15. The molecule has 2 N–H and O–H groups in total. The SMILES string of the molecule is [B]C(O)(O)OCc1nc(C(F)F)c(C(C)C)o1. The van der Waals surface area contributed by atoms with Gasteiger partial charge in [-0.15, -0.1) is 0 Å². The van der Waals surface area contributed by atoms with E-state index >= 15 is 0 Å². The fourth-order valence-corrected chi connectivity index (χ4v) is 1.19. The van der Waals surface area contributed by atoms with Gasteiger partial charge in [0.2, 0.25) is 11.8 Å². The van der Waals surface area contributed by atoms with Gasteiger partial charge in [-0.05, 0) is 0 Å². The quantitative estimate of drug-likeness (QED) is 0.600. The number of hydrogen-bond donors (Lipinski definition) is 2. The average molecular weight is 247 g/mol. The zero-order valence-corrected chi connectivity index (χ0v) is 9.35. The fraction of sp³-hybridized carbons (Fsp3) is 0.667. The second-order valence-corrected chi connectivity index (χ2v) is 3.76. The number of alkyl halides is 2. The van der Waals surface area contributed by atoms with Gasteiger partial charge in [0.15, 0.2) is 7.85 Å². The topological polar surface area (TPSA) is 75.7 Å². The summed E-state index contributed by atoms with van der Waals surface area (Å²) in [6.07, 6.45) is -2.77. The summed E-state index contributed by atoms with van der Waals surface area (Å²) >= 11 is 0. The van der Waals surface area contributed by atoms with Crippen LogP contribution in [0.3, 0.4) is 0 Å². The third kappa shape index (κ3) is 4.06. The highest BCUT2D eigenvalue weighted by Gasteiger charge is 2.24. The van der Waals surface area contributed by atoms with Crippen LogP contribution in [0.5, 0.6) is 0 Å². The Morgan fingerprint density at radius 2 is 2.06 bits per heavy atom. The zero-order valence-electron chi connectivity index (χ0n) is 9.35. The highest BCUT2D eigenvalue weighted by atomic mass is 19.3. The lowest BCUT2D eigenvalue weighted by molar-refractivity contribution is -0.283. The van der Waals surface area contributed by atoms with Crippen LogP contribution in [0, 0.1) is 0 Å². The number of halogens is 2. The summed E-state index contributed by atoms with van der Waals surface area (Å²) in [4.78, 5) is 3.51. The molecule has 0 spiro atoms. The predicted octanol–water partition coefficient (Wildman–Crippen LogP) is 1.02. The van der Waals surface area contributed by atoms with E-state index in [2.05, 4.69) is 9.72 Å². The van der Waals surface area contributed by atoms with Crippen molar-refractivity contribution in [3.05, 3.63) is 17.3 Å². The molecule has 0 unspecified atom stereocenters. The monoisotopic (exact) mass is 247 g/mol. The van der Waals surface area contributed by atoms with Crippen LogP contribution in [0.25, 0.3) is 0 Å². The largest absolute Gasteiger partial charge is 0.442 e. The number of aromatic nitrogens is 1. The second-order valence-electron chi connectivity index (χ2n) is 3.76. The first-order chi connectivity index (χ1) is 7.70. The van der Waals surface area contributed by atoms with Gasteiger partial charge in [0.25, 0.3) is 6.43 Å². The van der Waals surface area contributed by atoms with E-state index in [0.29, 0.717) is 0 Å².